The van der Waals surface area contributed by atoms with Gasteiger partial charge in [0.05, 0.1) is 27.7 Å². The van der Waals surface area contributed by atoms with Crippen LogP contribution in [0.25, 0.3) is 21.6 Å². The number of thiophene rings is 1. The molecule has 3 heterocycles. The smallest absolute Gasteiger partial charge is 0.267 e. The zero-order chi connectivity index (χ0) is 20.4. The van der Waals surface area contributed by atoms with E-state index in [1.54, 1.807) is 41.2 Å². The van der Waals surface area contributed by atoms with Crippen LogP contribution in [-0.4, -0.2) is 26.6 Å². The Balaban J connectivity index is 1.63. The van der Waals surface area contributed by atoms with Gasteiger partial charge in [0.1, 0.15) is 0 Å². The number of aromatic nitrogens is 3. The highest BCUT2D eigenvalue weighted by Gasteiger charge is 2.18. The van der Waals surface area contributed by atoms with E-state index in [4.69, 9.17) is 11.6 Å². The predicted molar refractivity (Wildman–Crippen MR) is 113 cm³/mol. The summed E-state index contributed by atoms with van der Waals surface area (Å²) in [5.41, 5.74) is 6.96. The molecule has 29 heavy (non-hydrogen) atoms. The van der Waals surface area contributed by atoms with Gasteiger partial charge in [0.2, 0.25) is 0 Å². The third kappa shape index (κ3) is 3.85. The van der Waals surface area contributed by atoms with Crippen LogP contribution in [0, 0.1) is 0 Å². The van der Waals surface area contributed by atoms with Crippen molar-refractivity contribution < 1.29 is 9.59 Å². The second-order valence-electron chi connectivity index (χ2n) is 6.15. The van der Waals surface area contributed by atoms with Crippen molar-refractivity contribution in [3.05, 3.63) is 70.2 Å². The van der Waals surface area contributed by atoms with Crippen LogP contribution in [0.3, 0.4) is 0 Å². The first-order valence-electron chi connectivity index (χ1n) is 8.83. The molecule has 7 nitrogen and oxygen atoms in total. The maximum Gasteiger partial charge on any atom is 0.270 e. The van der Waals surface area contributed by atoms with Crippen LogP contribution in [0.2, 0.25) is 5.02 Å². The van der Waals surface area contributed by atoms with Gasteiger partial charge in [-0.25, -0.2) is 9.67 Å². The quantitative estimate of drug-likeness (QED) is 0.485. The maximum absolute atomic E-state index is 12.9. The summed E-state index contributed by atoms with van der Waals surface area (Å²) in [7, 11) is 0. The van der Waals surface area contributed by atoms with Gasteiger partial charge in [-0.3, -0.25) is 20.4 Å². The highest BCUT2D eigenvalue weighted by Crippen LogP contribution is 2.27. The molecule has 0 radical (unpaired) electrons. The summed E-state index contributed by atoms with van der Waals surface area (Å²) < 4.78 is 1.73. The van der Waals surface area contributed by atoms with Crippen LogP contribution < -0.4 is 10.9 Å². The molecular formula is C20H16ClN5O2S. The summed E-state index contributed by atoms with van der Waals surface area (Å²) in [4.78, 5) is 30.7. The van der Waals surface area contributed by atoms with Crippen molar-refractivity contribution >= 4 is 45.8 Å². The van der Waals surface area contributed by atoms with Crippen LogP contribution in [0.15, 0.2) is 54.0 Å². The van der Waals surface area contributed by atoms with Gasteiger partial charge < -0.3 is 0 Å². The third-order valence-corrected chi connectivity index (χ3v) is 5.47. The fourth-order valence-corrected chi connectivity index (χ4v) is 3.68. The van der Waals surface area contributed by atoms with Gasteiger partial charge in [-0.15, -0.1) is 11.3 Å². The number of pyridine rings is 1. The summed E-state index contributed by atoms with van der Waals surface area (Å²) in [5, 5.41) is 7.40. The molecule has 0 aliphatic heterocycles. The number of amides is 2. The molecule has 4 aromatic rings. The zero-order valence-electron chi connectivity index (χ0n) is 15.3. The molecule has 0 saturated carbocycles. The number of hydrogen-bond donors (Lipinski definition) is 2. The number of hydrogen-bond acceptors (Lipinski definition) is 5. The Bertz CT molecular complexity index is 1190. The lowest BCUT2D eigenvalue weighted by Crippen LogP contribution is -2.41. The van der Waals surface area contributed by atoms with Crippen molar-refractivity contribution in [2.24, 2.45) is 0 Å². The molecule has 0 atom stereocenters. The SMILES string of the molecule is CCn1ncc2c(C(=O)NNC(=O)c3ccc(Cl)cc3)cc(-c3cccs3)nc21. The molecule has 2 amide bonds. The number of rotatable bonds is 4. The molecule has 0 aliphatic rings. The minimum absolute atomic E-state index is 0.382. The molecule has 0 unspecified atom stereocenters. The number of nitrogens with one attached hydrogen (secondary N) is 2. The average Bonchev–Trinajstić information content (AvgIpc) is 3.41. The molecule has 3 aromatic heterocycles. The second kappa shape index (κ2) is 8.02. The van der Waals surface area contributed by atoms with Gasteiger partial charge in [0.15, 0.2) is 5.65 Å². The zero-order valence-corrected chi connectivity index (χ0v) is 16.9. The molecule has 0 aliphatic carbocycles. The number of halogens is 1. The second-order valence-corrected chi connectivity index (χ2v) is 7.53. The summed E-state index contributed by atoms with van der Waals surface area (Å²) >= 11 is 7.37. The van der Waals surface area contributed by atoms with Crippen LogP contribution >= 0.6 is 22.9 Å². The van der Waals surface area contributed by atoms with Crippen molar-refractivity contribution in [1.82, 2.24) is 25.6 Å². The minimum Gasteiger partial charge on any atom is -0.267 e. The van der Waals surface area contributed by atoms with Gasteiger partial charge in [-0.05, 0) is 48.7 Å². The van der Waals surface area contributed by atoms with Crippen LogP contribution in [0.5, 0.6) is 0 Å². The Morgan fingerprint density at radius 3 is 2.59 bits per heavy atom. The lowest BCUT2D eigenvalue weighted by Gasteiger charge is -2.10. The topological polar surface area (TPSA) is 88.9 Å². The van der Waals surface area contributed by atoms with E-state index in [2.05, 4.69) is 20.9 Å². The predicted octanol–water partition coefficient (Wildman–Crippen LogP) is 3.91. The number of hydrazine groups is 1. The van der Waals surface area contributed by atoms with Crippen LogP contribution in [0.1, 0.15) is 27.6 Å². The van der Waals surface area contributed by atoms with E-state index in [0.29, 0.717) is 39.4 Å². The fraction of sp³-hybridized carbons (Fsp3) is 0.100. The number of nitrogens with zero attached hydrogens (tertiary/aromatic N) is 3. The summed E-state index contributed by atoms with van der Waals surface area (Å²) in [6, 6.07) is 11.9. The molecule has 146 valence electrons. The molecule has 2 N–H and O–H groups in total. The van der Waals surface area contributed by atoms with Gasteiger partial charge in [0, 0.05) is 17.1 Å². The van der Waals surface area contributed by atoms with Gasteiger partial charge in [-0.1, -0.05) is 17.7 Å². The van der Waals surface area contributed by atoms with Crippen molar-refractivity contribution in [3.63, 3.8) is 0 Å². The first kappa shape index (κ1) is 19.1. The van der Waals surface area contributed by atoms with E-state index < -0.39 is 11.8 Å². The highest BCUT2D eigenvalue weighted by molar-refractivity contribution is 7.13. The molecule has 0 spiro atoms. The van der Waals surface area contributed by atoms with Crippen LogP contribution in [-0.2, 0) is 6.54 Å². The molecule has 9 heteroatoms. The van der Waals surface area contributed by atoms with E-state index in [0.717, 1.165) is 4.88 Å². The lowest BCUT2D eigenvalue weighted by atomic mass is 10.1. The number of carbonyl (C=O) groups excluding carboxylic acids is 2. The Hall–Kier alpha value is -3.23. The number of aryl methyl sites for hydroxylation is 1. The van der Waals surface area contributed by atoms with E-state index in [1.807, 2.05) is 24.4 Å². The van der Waals surface area contributed by atoms with Crippen molar-refractivity contribution in [2.75, 3.05) is 0 Å². The van der Waals surface area contributed by atoms with Crippen molar-refractivity contribution in [2.45, 2.75) is 13.5 Å². The number of benzene rings is 1. The normalized spacial score (nSPS) is 10.8. The standard InChI is InChI=1S/C20H16ClN5O2S/c1-2-26-18-15(11-22-26)14(10-16(23-18)17-4-3-9-29-17)20(28)25-24-19(27)12-5-7-13(21)8-6-12/h3-11H,2H2,1H3,(H,24,27)(H,25,28). The molecule has 1 aromatic carbocycles. The van der Waals surface area contributed by atoms with Crippen LogP contribution in [0.4, 0.5) is 0 Å². The molecule has 0 saturated heterocycles. The first-order valence-corrected chi connectivity index (χ1v) is 10.1. The molecule has 0 fully saturated rings. The molecular weight excluding hydrogens is 410 g/mol. The lowest BCUT2D eigenvalue weighted by molar-refractivity contribution is 0.0847. The molecule has 0 bridgehead atoms. The van der Waals surface area contributed by atoms with Crippen molar-refractivity contribution in [1.29, 1.82) is 0 Å². The van der Waals surface area contributed by atoms with E-state index in [9.17, 15) is 9.59 Å². The molecule has 4 rings (SSSR count). The van der Waals surface area contributed by atoms with E-state index in [-0.39, 0.29) is 0 Å². The Kier molecular flexibility index (Phi) is 5.28. The third-order valence-electron chi connectivity index (χ3n) is 4.32. The van der Waals surface area contributed by atoms with E-state index >= 15 is 0 Å². The summed E-state index contributed by atoms with van der Waals surface area (Å²) in [5.74, 6) is -0.892. The van der Waals surface area contributed by atoms with Gasteiger partial charge in [0.25, 0.3) is 11.8 Å². The van der Waals surface area contributed by atoms with Gasteiger partial charge in [-0.2, -0.15) is 5.10 Å². The number of fused-ring (bicyclic) bond motifs is 1. The summed E-state index contributed by atoms with van der Waals surface area (Å²) in [6.07, 6.45) is 1.61. The maximum atomic E-state index is 12.9. The Morgan fingerprint density at radius 2 is 1.90 bits per heavy atom. The average molecular weight is 426 g/mol. The largest absolute Gasteiger partial charge is 0.270 e. The van der Waals surface area contributed by atoms with Gasteiger partial charge >= 0.3 is 0 Å². The monoisotopic (exact) mass is 425 g/mol. The number of carbonyl (C=O) groups is 2. The Morgan fingerprint density at radius 1 is 1.14 bits per heavy atom. The van der Waals surface area contributed by atoms with Crippen molar-refractivity contribution in [3.8, 4) is 10.6 Å². The first-order chi connectivity index (χ1) is 14.1. The minimum atomic E-state index is -0.451. The highest BCUT2D eigenvalue weighted by atomic mass is 35.5. The fourth-order valence-electron chi connectivity index (χ4n) is 2.87. The van der Waals surface area contributed by atoms with E-state index in [1.165, 1.54) is 11.3 Å². The summed E-state index contributed by atoms with van der Waals surface area (Å²) in [6.45, 7) is 2.58. The Labute approximate surface area is 175 Å².